The maximum atomic E-state index is 14.2. The molecule has 0 atom stereocenters. The number of anilines is 1. The fourth-order valence-corrected chi connectivity index (χ4v) is 3.32. The first-order chi connectivity index (χ1) is 12.1. The van der Waals surface area contributed by atoms with Gasteiger partial charge in [-0.3, -0.25) is 9.48 Å². The summed E-state index contributed by atoms with van der Waals surface area (Å²) in [6.45, 7) is 2.23. The van der Waals surface area contributed by atoms with Gasteiger partial charge in [0.25, 0.3) is 11.9 Å². The molecule has 7 nitrogen and oxygen atoms in total. The second kappa shape index (κ2) is 6.27. The van der Waals surface area contributed by atoms with E-state index in [0.717, 1.165) is 25.7 Å². The third-order valence-corrected chi connectivity index (χ3v) is 4.82. The molecule has 0 unspecified atom stereocenters. The summed E-state index contributed by atoms with van der Waals surface area (Å²) < 4.78 is 17.3. The van der Waals surface area contributed by atoms with Crippen molar-refractivity contribution in [3.05, 3.63) is 42.4 Å². The largest absolute Gasteiger partial charge is 0.317 e. The van der Waals surface area contributed by atoms with E-state index in [-0.39, 0.29) is 11.7 Å². The van der Waals surface area contributed by atoms with Gasteiger partial charge in [-0.05, 0) is 37.7 Å². The summed E-state index contributed by atoms with van der Waals surface area (Å²) in [5.74, 6) is -0.417. The number of fused-ring (bicyclic) bond motifs is 1. The molecule has 0 spiro atoms. The van der Waals surface area contributed by atoms with Gasteiger partial charge in [0.15, 0.2) is 5.65 Å². The lowest BCUT2D eigenvalue weighted by Crippen LogP contribution is -2.17. The number of nitrogens with zero attached hydrogens (tertiary/aromatic N) is 5. The van der Waals surface area contributed by atoms with E-state index >= 15 is 0 Å². The van der Waals surface area contributed by atoms with Crippen molar-refractivity contribution in [3.8, 4) is 0 Å². The lowest BCUT2D eigenvalue weighted by Gasteiger charge is -2.26. The second-order valence-corrected chi connectivity index (χ2v) is 6.63. The lowest BCUT2D eigenvalue weighted by molar-refractivity contribution is 0.102. The van der Waals surface area contributed by atoms with Crippen LogP contribution in [-0.4, -0.2) is 30.3 Å². The molecule has 3 heterocycles. The zero-order valence-electron chi connectivity index (χ0n) is 13.9. The smallest absolute Gasteiger partial charge is 0.261 e. The first-order valence-corrected chi connectivity index (χ1v) is 8.46. The molecule has 25 heavy (non-hydrogen) atoms. The minimum atomic E-state index is -0.670. The van der Waals surface area contributed by atoms with E-state index in [1.807, 2.05) is 0 Å². The van der Waals surface area contributed by atoms with Crippen molar-refractivity contribution in [2.45, 2.75) is 38.6 Å². The number of halogens is 1. The number of hydrogen-bond donors (Lipinski definition) is 1. The van der Waals surface area contributed by atoms with Crippen LogP contribution in [0.25, 0.3) is 5.65 Å². The predicted octanol–water partition coefficient (Wildman–Crippen LogP) is 3.07. The second-order valence-electron chi connectivity index (χ2n) is 6.63. The summed E-state index contributed by atoms with van der Waals surface area (Å²) in [6.07, 6.45) is 10.5. The number of aromatic nitrogens is 5. The van der Waals surface area contributed by atoms with Gasteiger partial charge in [-0.15, -0.1) is 5.10 Å². The molecule has 8 heteroatoms. The molecular weight excluding hydrogens is 323 g/mol. The van der Waals surface area contributed by atoms with Crippen LogP contribution in [0.4, 0.5) is 10.1 Å². The van der Waals surface area contributed by atoms with Crippen LogP contribution in [0.15, 0.2) is 30.9 Å². The summed E-state index contributed by atoms with van der Waals surface area (Å²) in [7, 11) is 0. The molecule has 3 aromatic rings. The molecule has 1 N–H and O–H groups in total. The van der Waals surface area contributed by atoms with Crippen LogP contribution in [0.1, 0.15) is 49.0 Å². The molecule has 0 radical (unpaired) electrons. The molecule has 1 aliphatic rings. The molecule has 0 saturated heterocycles. The molecular formula is C17H19FN6O. The van der Waals surface area contributed by atoms with Crippen molar-refractivity contribution >= 4 is 17.2 Å². The van der Waals surface area contributed by atoms with Crippen molar-refractivity contribution < 1.29 is 9.18 Å². The van der Waals surface area contributed by atoms with Crippen LogP contribution in [0.2, 0.25) is 0 Å². The van der Waals surface area contributed by atoms with Crippen molar-refractivity contribution in [3.63, 3.8) is 0 Å². The van der Waals surface area contributed by atoms with Crippen molar-refractivity contribution in [2.75, 3.05) is 5.32 Å². The normalized spacial score (nSPS) is 20.7. The molecule has 0 aliphatic heterocycles. The maximum Gasteiger partial charge on any atom is 0.261 e. The van der Waals surface area contributed by atoms with Gasteiger partial charge >= 0.3 is 0 Å². The quantitative estimate of drug-likeness (QED) is 0.793. The summed E-state index contributed by atoms with van der Waals surface area (Å²) in [4.78, 5) is 16.6. The Kier molecular flexibility index (Phi) is 3.95. The highest BCUT2D eigenvalue weighted by Gasteiger charge is 2.23. The minimum Gasteiger partial charge on any atom is -0.317 e. The molecule has 130 valence electrons. The summed E-state index contributed by atoms with van der Waals surface area (Å²) in [6, 6.07) is 1.91. The van der Waals surface area contributed by atoms with Gasteiger partial charge in [0, 0.05) is 12.4 Å². The average Bonchev–Trinajstić information content (AvgIpc) is 3.20. The molecule has 3 aromatic heterocycles. The monoisotopic (exact) mass is 342 g/mol. The SMILES string of the molecule is CC1CCC(n2cc(NC(=O)c3cnn4cccnc34)c(F)n2)CC1. The zero-order valence-corrected chi connectivity index (χ0v) is 13.9. The average molecular weight is 342 g/mol. The summed E-state index contributed by atoms with van der Waals surface area (Å²) in [5, 5.41) is 10.6. The molecule has 1 saturated carbocycles. The maximum absolute atomic E-state index is 14.2. The van der Waals surface area contributed by atoms with E-state index in [2.05, 4.69) is 27.4 Å². The van der Waals surface area contributed by atoms with Crippen LogP contribution < -0.4 is 5.32 Å². The first-order valence-electron chi connectivity index (χ1n) is 8.46. The molecule has 1 amide bonds. The summed E-state index contributed by atoms with van der Waals surface area (Å²) >= 11 is 0. The predicted molar refractivity (Wildman–Crippen MR) is 89.8 cm³/mol. The number of nitrogens with one attached hydrogen (secondary N) is 1. The fraction of sp³-hybridized carbons (Fsp3) is 0.412. The Morgan fingerprint density at radius 1 is 1.32 bits per heavy atom. The van der Waals surface area contributed by atoms with Gasteiger partial charge in [0.1, 0.15) is 11.3 Å². The summed E-state index contributed by atoms with van der Waals surface area (Å²) in [5.41, 5.74) is 0.798. The minimum absolute atomic E-state index is 0.0823. The third-order valence-electron chi connectivity index (χ3n) is 4.82. The number of hydrogen-bond acceptors (Lipinski definition) is 4. The Morgan fingerprint density at radius 2 is 2.12 bits per heavy atom. The van der Waals surface area contributed by atoms with Crippen LogP contribution in [0.5, 0.6) is 0 Å². The Bertz CT molecular complexity index is 909. The Labute approximate surface area is 143 Å². The van der Waals surface area contributed by atoms with Gasteiger partial charge in [-0.25, -0.2) is 9.50 Å². The van der Waals surface area contributed by atoms with E-state index < -0.39 is 11.9 Å². The van der Waals surface area contributed by atoms with E-state index in [9.17, 15) is 9.18 Å². The van der Waals surface area contributed by atoms with Crippen LogP contribution in [0, 0.1) is 11.9 Å². The van der Waals surface area contributed by atoms with Gasteiger partial charge in [-0.1, -0.05) is 6.92 Å². The van der Waals surface area contributed by atoms with E-state index in [0.29, 0.717) is 17.1 Å². The van der Waals surface area contributed by atoms with Crippen molar-refractivity contribution in [1.82, 2.24) is 24.4 Å². The highest BCUT2D eigenvalue weighted by molar-refractivity contribution is 6.08. The fourth-order valence-electron chi connectivity index (χ4n) is 3.32. The van der Waals surface area contributed by atoms with Crippen LogP contribution >= 0.6 is 0 Å². The Balaban J connectivity index is 1.53. The number of amides is 1. The third kappa shape index (κ3) is 2.99. The first kappa shape index (κ1) is 15.7. The standard InChI is InChI=1S/C17H19FN6O/c1-11-3-5-12(6-4-11)24-10-14(15(18)22-24)21-17(25)13-9-20-23-8-2-7-19-16(13)23/h2,7-12H,3-6H2,1H3,(H,21,25). The van der Waals surface area contributed by atoms with E-state index in [1.54, 1.807) is 29.3 Å². The van der Waals surface area contributed by atoms with Gasteiger partial charge in [-0.2, -0.15) is 9.49 Å². The van der Waals surface area contributed by atoms with E-state index in [4.69, 9.17) is 0 Å². The molecule has 0 bridgehead atoms. The molecule has 1 fully saturated rings. The Hall–Kier alpha value is -2.77. The highest BCUT2D eigenvalue weighted by atomic mass is 19.1. The van der Waals surface area contributed by atoms with E-state index in [1.165, 1.54) is 10.7 Å². The van der Waals surface area contributed by atoms with Crippen molar-refractivity contribution in [2.24, 2.45) is 5.92 Å². The van der Waals surface area contributed by atoms with Crippen molar-refractivity contribution in [1.29, 1.82) is 0 Å². The number of carbonyl (C=O) groups excluding carboxylic acids is 1. The number of rotatable bonds is 3. The molecule has 4 rings (SSSR count). The lowest BCUT2D eigenvalue weighted by atomic mass is 9.87. The number of carbonyl (C=O) groups is 1. The Morgan fingerprint density at radius 3 is 2.92 bits per heavy atom. The highest BCUT2D eigenvalue weighted by Crippen LogP contribution is 2.32. The van der Waals surface area contributed by atoms with Gasteiger partial charge < -0.3 is 5.32 Å². The molecule has 1 aliphatic carbocycles. The topological polar surface area (TPSA) is 77.1 Å². The van der Waals surface area contributed by atoms with Gasteiger partial charge in [0.2, 0.25) is 0 Å². The van der Waals surface area contributed by atoms with Crippen LogP contribution in [0.3, 0.4) is 0 Å². The van der Waals surface area contributed by atoms with Crippen LogP contribution in [-0.2, 0) is 0 Å². The van der Waals surface area contributed by atoms with Gasteiger partial charge in [0.05, 0.1) is 18.4 Å². The molecule has 0 aromatic carbocycles. The zero-order chi connectivity index (χ0) is 17.4.